The summed E-state index contributed by atoms with van der Waals surface area (Å²) >= 11 is 0. The molecule has 0 atom stereocenters. The first-order valence-corrected chi connectivity index (χ1v) is 7.99. The molecule has 2 aromatic rings. The summed E-state index contributed by atoms with van der Waals surface area (Å²) in [6, 6.07) is 5.64. The third kappa shape index (κ3) is 3.09. The van der Waals surface area contributed by atoms with Crippen molar-refractivity contribution in [2.24, 2.45) is 11.8 Å². The Labute approximate surface area is 134 Å². The molecule has 1 saturated carbocycles. The van der Waals surface area contributed by atoms with Crippen LogP contribution in [0.1, 0.15) is 37.0 Å². The Kier molecular flexibility index (Phi) is 4.11. The first-order chi connectivity index (χ1) is 11.0. The van der Waals surface area contributed by atoms with E-state index in [-0.39, 0.29) is 17.7 Å². The van der Waals surface area contributed by atoms with Gasteiger partial charge in [0.15, 0.2) is 0 Å². The molecule has 5 nitrogen and oxygen atoms in total. The van der Waals surface area contributed by atoms with E-state index in [1.165, 1.54) is 0 Å². The Hall–Kier alpha value is -2.30. The molecule has 1 fully saturated rings. The number of anilines is 1. The Balaban J connectivity index is 1.68. The number of carboxylic acids is 1. The van der Waals surface area contributed by atoms with E-state index >= 15 is 0 Å². The maximum Gasteiger partial charge on any atom is 0.306 e. The minimum atomic E-state index is -0.750. The number of fused-ring (bicyclic) bond motifs is 1. The Bertz CT molecular complexity index is 754. The summed E-state index contributed by atoms with van der Waals surface area (Å²) in [4.78, 5) is 23.4. The van der Waals surface area contributed by atoms with E-state index in [4.69, 9.17) is 9.52 Å². The molecule has 0 unspecified atom stereocenters. The maximum atomic E-state index is 12.4. The molecule has 0 saturated heterocycles. The molecule has 1 aromatic heterocycles. The molecule has 23 heavy (non-hydrogen) atoms. The van der Waals surface area contributed by atoms with Crippen LogP contribution in [0.3, 0.4) is 0 Å². The average molecular weight is 315 g/mol. The highest BCUT2D eigenvalue weighted by atomic mass is 16.4. The van der Waals surface area contributed by atoms with Gasteiger partial charge >= 0.3 is 5.97 Å². The number of aliphatic carboxylic acids is 1. The second-order valence-corrected chi connectivity index (χ2v) is 6.37. The van der Waals surface area contributed by atoms with Crippen LogP contribution in [0.25, 0.3) is 11.0 Å². The van der Waals surface area contributed by atoms with Crippen LogP contribution in [0, 0.1) is 25.7 Å². The van der Waals surface area contributed by atoms with Gasteiger partial charge in [-0.25, -0.2) is 0 Å². The highest BCUT2D eigenvalue weighted by Gasteiger charge is 2.29. The number of furan rings is 1. The van der Waals surface area contributed by atoms with E-state index in [1.54, 1.807) is 0 Å². The normalized spacial score (nSPS) is 21.3. The lowest BCUT2D eigenvalue weighted by molar-refractivity contribution is -0.143. The van der Waals surface area contributed by atoms with Gasteiger partial charge in [0.1, 0.15) is 11.3 Å². The highest BCUT2D eigenvalue weighted by molar-refractivity contribution is 5.95. The van der Waals surface area contributed by atoms with Gasteiger partial charge in [-0.05, 0) is 63.3 Å². The fraction of sp³-hybridized carbons (Fsp3) is 0.444. The monoisotopic (exact) mass is 315 g/mol. The number of hydrogen-bond donors (Lipinski definition) is 2. The molecule has 0 radical (unpaired) electrons. The van der Waals surface area contributed by atoms with Crippen molar-refractivity contribution in [3.05, 3.63) is 29.5 Å². The van der Waals surface area contributed by atoms with Crippen molar-refractivity contribution in [2.45, 2.75) is 39.5 Å². The van der Waals surface area contributed by atoms with Crippen LogP contribution in [-0.4, -0.2) is 17.0 Å². The number of amides is 1. The van der Waals surface area contributed by atoms with E-state index in [2.05, 4.69) is 5.32 Å². The van der Waals surface area contributed by atoms with Crippen LogP contribution in [-0.2, 0) is 9.59 Å². The number of nitrogens with one attached hydrogen (secondary N) is 1. The molecule has 1 aromatic carbocycles. The van der Waals surface area contributed by atoms with Crippen LogP contribution in [0.5, 0.6) is 0 Å². The van der Waals surface area contributed by atoms with Gasteiger partial charge < -0.3 is 14.8 Å². The summed E-state index contributed by atoms with van der Waals surface area (Å²) < 4.78 is 5.64. The molecular formula is C18H21NO4. The predicted molar refractivity (Wildman–Crippen MR) is 87.4 cm³/mol. The van der Waals surface area contributed by atoms with Crippen LogP contribution in [0.15, 0.2) is 22.6 Å². The summed E-state index contributed by atoms with van der Waals surface area (Å²) in [6.45, 7) is 3.93. The van der Waals surface area contributed by atoms with E-state index in [1.807, 2.05) is 32.0 Å². The van der Waals surface area contributed by atoms with Gasteiger partial charge in [-0.3, -0.25) is 9.59 Å². The van der Waals surface area contributed by atoms with E-state index in [0.717, 1.165) is 28.0 Å². The molecule has 2 N–H and O–H groups in total. The third-order valence-corrected chi connectivity index (χ3v) is 4.89. The van der Waals surface area contributed by atoms with Crippen molar-refractivity contribution >= 4 is 28.5 Å². The van der Waals surface area contributed by atoms with Gasteiger partial charge in [-0.1, -0.05) is 0 Å². The zero-order valence-electron chi connectivity index (χ0n) is 13.4. The zero-order chi connectivity index (χ0) is 16.6. The van der Waals surface area contributed by atoms with Crippen LogP contribution in [0.4, 0.5) is 5.69 Å². The van der Waals surface area contributed by atoms with Gasteiger partial charge in [-0.15, -0.1) is 0 Å². The molecule has 0 bridgehead atoms. The largest absolute Gasteiger partial charge is 0.481 e. The zero-order valence-corrected chi connectivity index (χ0v) is 13.4. The van der Waals surface area contributed by atoms with Gasteiger partial charge in [0.05, 0.1) is 5.92 Å². The van der Waals surface area contributed by atoms with Gasteiger partial charge in [0, 0.05) is 17.0 Å². The summed E-state index contributed by atoms with van der Waals surface area (Å²) in [6.07, 6.45) is 2.42. The molecule has 0 aliphatic heterocycles. The Morgan fingerprint density at radius 2 is 1.78 bits per heavy atom. The summed E-state index contributed by atoms with van der Waals surface area (Å²) in [7, 11) is 0. The second kappa shape index (κ2) is 6.07. The molecular weight excluding hydrogens is 294 g/mol. The molecule has 5 heteroatoms. The fourth-order valence-corrected chi connectivity index (χ4v) is 3.27. The summed E-state index contributed by atoms with van der Waals surface area (Å²) in [5, 5.41) is 13.0. The average Bonchev–Trinajstić information content (AvgIpc) is 2.82. The summed E-state index contributed by atoms with van der Waals surface area (Å²) in [5.41, 5.74) is 2.66. The van der Waals surface area contributed by atoms with E-state index in [9.17, 15) is 9.59 Å². The Morgan fingerprint density at radius 1 is 1.13 bits per heavy atom. The standard InChI is InChI=1S/C18H21NO4/c1-10-11(2)23-16-8-7-14(9-15(10)16)19-17(20)12-3-5-13(6-4-12)18(21)22/h7-9,12-13H,3-6H2,1-2H3,(H,19,20)(H,21,22). The smallest absolute Gasteiger partial charge is 0.306 e. The number of benzene rings is 1. The van der Waals surface area contributed by atoms with E-state index < -0.39 is 5.97 Å². The third-order valence-electron chi connectivity index (χ3n) is 4.89. The first kappa shape index (κ1) is 15.6. The van der Waals surface area contributed by atoms with Crippen molar-refractivity contribution in [3.63, 3.8) is 0 Å². The van der Waals surface area contributed by atoms with Crippen LogP contribution in [0.2, 0.25) is 0 Å². The fourth-order valence-electron chi connectivity index (χ4n) is 3.27. The quantitative estimate of drug-likeness (QED) is 0.901. The number of aryl methyl sites for hydroxylation is 2. The lowest BCUT2D eigenvalue weighted by atomic mass is 9.81. The van der Waals surface area contributed by atoms with Crippen molar-refractivity contribution < 1.29 is 19.1 Å². The molecule has 1 amide bonds. The highest BCUT2D eigenvalue weighted by Crippen LogP contribution is 2.31. The molecule has 1 heterocycles. The van der Waals surface area contributed by atoms with Crippen LogP contribution >= 0.6 is 0 Å². The number of hydrogen-bond acceptors (Lipinski definition) is 3. The summed E-state index contributed by atoms with van der Waals surface area (Å²) in [5.74, 6) is -0.290. The maximum absolute atomic E-state index is 12.4. The Morgan fingerprint density at radius 3 is 2.43 bits per heavy atom. The topological polar surface area (TPSA) is 79.5 Å². The molecule has 122 valence electrons. The molecule has 1 aliphatic carbocycles. The minimum Gasteiger partial charge on any atom is -0.481 e. The number of carbonyl (C=O) groups excluding carboxylic acids is 1. The number of carboxylic acid groups (broad SMARTS) is 1. The second-order valence-electron chi connectivity index (χ2n) is 6.37. The first-order valence-electron chi connectivity index (χ1n) is 7.99. The molecule has 3 rings (SSSR count). The lowest BCUT2D eigenvalue weighted by Gasteiger charge is -2.25. The van der Waals surface area contributed by atoms with Crippen molar-refractivity contribution in [1.82, 2.24) is 0 Å². The van der Waals surface area contributed by atoms with Crippen molar-refractivity contribution in [1.29, 1.82) is 0 Å². The predicted octanol–water partition coefficient (Wildman–Crippen LogP) is 3.88. The number of rotatable bonds is 3. The van der Waals surface area contributed by atoms with Crippen LogP contribution < -0.4 is 5.32 Å². The number of carbonyl (C=O) groups is 2. The lowest BCUT2D eigenvalue weighted by Crippen LogP contribution is -2.29. The van der Waals surface area contributed by atoms with Crippen molar-refractivity contribution in [2.75, 3.05) is 5.32 Å². The van der Waals surface area contributed by atoms with Gasteiger partial charge in [-0.2, -0.15) is 0 Å². The minimum absolute atomic E-state index is 0.0222. The molecule has 0 spiro atoms. The van der Waals surface area contributed by atoms with E-state index in [0.29, 0.717) is 25.7 Å². The molecule has 1 aliphatic rings. The van der Waals surface area contributed by atoms with Gasteiger partial charge in [0.2, 0.25) is 5.91 Å². The van der Waals surface area contributed by atoms with Gasteiger partial charge in [0.25, 0.3) is 0 Å². The SMILES string of the molecule is Cc1oc2ccc(NC(=O)C3CCC(C(=O)O)CC3)cc2c1C. The van der Waals surface area contributed by atoms with Crippen molar-refractivity contribution in [3.8, 4) is 0 Å².